The second-order valence-corrected chi connectivity index (χ2v) is 6.69. The number of amides is 1. The van der Waals surface area contributed by atoms with E-state index in [9.17, 15) is 9.00 Å². The smallest absolute Gasteiger partial charge is 0.237 e. The highest BCUT2D eigenvalue weighted by Gasteiger charge is 2.12. The van der Waals surface area contributed by atoms with Gasteiger partial charge in [-0.2, -0.15) is 0 Å². The predicted octanol–water partition coefficient (Wildman–Crippen LogP) is 2.39. The molecule has 0 aliphatic rings. The highest BCUT2D eigenvalue weighted by molar-refractivity contribution is 7.88. The van der Waals surface area contributed by atoms with Crippen LogP contribution in [0.1, 0.15) is 5.56 Å². The number of carbonyl (C=O) groups is 1. The summed E-state index contributed by atoms with van der Waals surface area (Å²) in [6.45, 7) is 1.92. The molecule has 2 rings (SSSR count). The van der Waals surface area contributed by atoms with Gasteiger partial charge in [-0.15, -0.1) is 11.3 Å². The maximum absolute atomic E-state index is 11.9. The van der Waals surface area contributed by atoms with Gasteiger partial charge in [0.15, 0.2) is 0 Å². The number of carbonyl (C=O) groups excluding carboxylic acids is 1. The molecule has 1 unspecified atom stereocenters. The molecule has 1 atom stereocenters. The molecule has 1 aromatic heterocycles. The molecule has 100 valence electrons. The lowest BCUT2D eigenvalue weighted by atomic mass is 10.2. The van der Waals surface area contributed by atoms with E-state index >= 15 is 0 Å². The molecule has 3 N–H and O–H groups in total. The summed E-state index contributed by atoms with van der Waals surface area (Å²) in [5, 5.41) is 4.51. The zero-order valence-electron chi connectivity index (χ0n) is 10.4. The lowest BCUT2D eigenvalue weighted by molar-refractivity contribution is -0.113. The monoisotopic (exact) mass is 294 g/mol. The zero-order valence-corrected chi connectivity index (χ0v) is 12.0. The SMILES string of the molecule is Cc1ccc(NC(=O)CS(=O)c2cccs2)c(N)c1. The molecule has 6 heteroatoms. The van der Waals surface area contributed by atoms with Gasteiger partial charge >= 0.3 is 0 Å². The van der Waals surface area contributed by atoms with Crippen molar-refractivity contribution in [2.24, 2.45) is 0 Å². The van der Waals surface area contributed by atoms with Crippen LogP contribution in [0, 0.1) is 6.92 Å². The van der Waals surface area contributed by atoms with Crippen LogP contribution in [-0.4, -0.2) is 15.9 Å². The van der Waals surface area contributed by atoms with Crippen LogP contribution in [0.25, 0.3) is 0 Å². The average molecular weight is 294 g/mol. The van der Waals surface area contributed by atoms with Crippen LogP contribution >= 0.6 is 11.3 Å². The first-order valence-electron chi connectivity index (χ1n) is 5.64. The summed E-state index contributed by atoms with van der Waals surface area (Å²) in [7, 11) is -1.30. The van der Waals surface area contributed by atoms with E-state index in [-0.39, 0.29) is 11.7 Å². The molecular weight excluding hydrogens is 280 g/mol. The van der Waals surface area contributed by atoms with Gasteiger partial charge < -0.3 is 11.1 Å². The molecule has 0 spiro atoms. The van der Waals surface area contributed by atoms with Crippen LogP contribution in [-0.2, 0) is 15.6 Å². The molecule has 0 saturated heterocycles. The Bertz CT molecular complexity index is 609. The van der Waals surface area contributed by atoms with E-state index in [2.05, 4.69) is 5.32 Å². The van der Waals surface area contributed by atoms with Crippen molar-refractivity contribution in [1.82, 2.24) is 0 Å². The molecule has 1 heterocycles. The van der Waals surface area contributed by atoms with Crippen LogP contribution in [0.5, 0.6) is 0 Å². The molecule has 0 bridgehead atoms. The van der Waals surface area contributed by atoms with E-state index in [1.165, 1.54) is 11.3 Å². The number of thiophene rings is 1. The van der Waals surface area contributed by atoms with Crippen LogP contribution in [0.15, 0.2) is 39.9 Å². The number of hydrogen-bond acceptors (Lipinski definition) is 4. The Morgan fingerprint density at radius 2 is 2.21 bits per heavy atom. The first-order valence-corrected chi connectivity index (χ1v) is 7.84. The Morgan fingerprint density at radius 1 is 1.42 bits per heavy atom. The van der Waals surface area contributed by atoms with Crippen LogP contribution in [0.4, 0.5) is 11.4 Å². The Balaban J connectivity index is 2.00. The second-order valence-electron chi connectivity index (χ2n) is 4.06. The molecule has 0 fully saturated rings. The van der Waals surface area contributed by atoms with Crippen LogP contribution in [0.3, 0.4) is 0 Å². The lowest BCUT2D eigenvalue weighted by Crippen LogP contribution is -2.19. The molecular formula is C13H14N2O2S2. The summed E-state index contributed by atoms with van der Waals surface area (Å²) in [5.74, 6) is -0.365. The predicted molar refractivity (Wildman–Crippen MR) is 79.8 cm³/mol. The maximum atomic E-state index is 11.9. The van der Waals surface area contributed by atoms with Crippen molar-refractivity contribution in [3.8, 4) is 0 Å². The molecule has 0 aliphatic heterocycles. The first-order chi connectivity index (χ1) is 9.06. The molecule has 1 aromatic carbocycles. The normalized spacial score (nSPS) is 12.1. The molecule has 0 radical (unpaired) electrons. The van der Waals surface area contributed by atoms with Crippen molar-refractivity contribution in [2.75, 3.05) is 16.8 Å². The van der Waals surface area contributed by atoms with Gasteiger partial charge in [-0.1, -0.05) is 12.1 Å². The van der Waals surface area contributed by atoms with Crippen molar-refractivity contribution in [3.05, 3.63) is 41.3 Å². The van der Waals surface area contributed by atoms with Gasteiger partial charge in [0, 0.05) is 0 Å². The quantitative estimate of drug-likeness (QED) is 0.850. The third-order valence-corrected chi connectivity index (χ3v) is 5.08. The van der Waals surface area contributed by atoms with Gasteiger partial charge in [-0.25, -0.2) is 0 Å². The molecule has 19 heavy (non-hydrogen) atoms. The van der Waals surface area contributed by atoms with Gasteiger partial charge in [0.2, 0.25) is 5.91 Å². The van der Waals surface area contributed by atoms with Gasteiger partial charge in [0.1, 0.15) is 5.75 Å². The number of anilines is 2. The fourth-order valence-electron chi connectivity index (χ4n) is 1.57. The highest BCUT2D eigenvalue weighted by atomic mass is 32.2. The number of nitrogens with one attached hydrogen (secondary N) is 1. The van der Waals surface area contributed by atoms with E-state index in [1.54, 1.807) is 18.2 Å². The van der Waals surface area contributed by atoms with Gasteiger partial charge in [0.05, 0.1) is 26.4 Å². The number of benzene rings is 1. The Labute approximate surface area is 118 Å². The number of nitrogens with two attached hydrogens (primary N) is 1. The first kappa shape index (κ1) is 13.8. The third kappa shape index (κ3) is 3.65. The lowest BCUT2D eigenvalue weighted by Gasteiger charge is -2.08. The highest BCUT2D eigenvalue weighted by Crippen LogP contribution is 2.20. The summed E-state index contributed by atoms with van der Waals surface area (Å²) in [6.07, 6.45) is 0. The fourth-order valence-corrected chi connectivity index (χ4v) is 3.47. The topological polar surface area (TPSA) is 72.2 Å². The number of hydrogen-bond donors (Lipinski definition) is 2. The zero-order chi connectivity index (χ0) is 13.8. The minimum Gasteiger partial charge on any atom is -0.397 e. The molecule has 1 amide bonds. The van der Waals surface area contributed by atoms with Crippen molar-refractivity contribution in [1.29, 1.82) is 0 Å². The second kappa shape index (κ2) is 5.99. The molecule has 0 saturated carbocycles. The van der Waals surface area contributed by atoms with Gasteiger partial charge in [-0.3, -0.25) is 9.00 Å². The third-order valence-electron chi connectivity index (χ3n) is 2.46. The summed E-state index contributed by atoms with van der Waals surface area (Å²) < 4.78 is 12.6. The maximum Gasteiger partial charge on any atom is 0.237 e. The summed E-state index contributed by atoms with van der Waals surface area (Å²) in [6, 6.07) is 8.97. The van der Waals surface area contributed by atoms with Crippen LogP contribution in [0.2, 0.25) is 0 Å². The van der Waals surface area contributed by atoms with E-state index in [1.807, 2.05) is 24.4 Å². The summed E-state index contributed by atoms with van der Waals surface area (Å²) >= 11 is 1.38. The van der Waals surface area contributed by atoms with Crippen molar-refractivity contribution in [2.45, 2.75) is 11.1 Å². The Kier molecular flexibility index (Phi) is 4.34. The standard InChI is InChI=1S/C13H14N2O2S2/c1-9-4-5-11(10(14)7-9)15-12(16)8-19(17)13-3-2-6-18-13/h2-7H,8,14H2,1H3,(H,15,16). The van der Waals surface area contributed by atoms with Gasteiger partial charge in [0.25, 0.3) is 0 Å². The summed E-state index contributed by atoms with van der Waals surface area (Å²) in [5.41, 5.74) is 7.90. The minimum absolute atomic E-state index is 0.0617. The van der Waals surface area contributed by atoms with Crippen LogP contribution < -0.4 is 11.1 Å². The number of rotatable bonds is 4. The molecule has 4 nitrogen and oxygen atoms in total. The Hall–Kier alpha value is -1.66. The van der Waals surface area contributed by atoms with Crippen molar-refractivity contribution < 1.29 is 9.00 Å². The fraction of sp³-hybridized carbons (Fsp3) is 0.154. The minimum atomic E-state index is -1.30. The van der Waals surface area contributed by atoms with E-state index < -0.39 is 10.8 Å². The molecule has 0 aliphatic carbocycles. The molecule has 2 aromatic rings. The van der Waals surface area contributed by atoms with Crippen molar-refractivity contribution in [3.63, 3.8) is 0 Å². The average Bonchev–Trinajstić information content (AvgIpc) is 2.86. The van der Waals surface area contributed by atoms with E-state index in [0.29, 0.717) is 15.6 Å². The largest absolute Gasteiger partial charge is 0.397 e. The Morgan fingerprint density at radius 3 is 2.84 bits per heavy atom. The number of aryl methyl sites for hydroxylation is 1. The van der Waals surface area contributed by atoms with E-state index in [0.717, 1.165) is 5.56 Å². The van der Waals surface area contributed by atoms with Crippen molar-refractivity contribution >= 4 is 39.4 Å². The summed E-state index contributed by atoms with van der Waals surface area (Å²) in [4.78, 5) is 11.8. The van der Waals surface area contributed by atoms with Gasteiger partial charge in [-0.05, 0) is 36.1 Å². The number of nitrogen functional groups attached to an aromatic ring is 1. The van der Waals surface area contributed by atoms with E-state index in [4.69, 9.17) is 5.73 Å².